The molecule has 0 aliphatic rings. The molecular weight excluding hydrogens is 196 g/mol. The molecular formula is C10H8N2O3. The largest absolute Gasteiger partial charge is 0.356 e. The van der Waals surface area contributed by atoms with Crippen molar-refractivity contribution < 1.29 is 9.72 Å². The summed E-state index contributed by atoms with van der Waals surface area (Å²) in [5.41, 5.74) is 1.16. The molecule has 2 rings (SSSR count). The van der Waals surface area contributed by atoms with E-state index < -0.39 is 4.92 Å². The van der Waals surface area contributed by atoms with E-state index in [0.717, 1.165) is 11.7 Å². The summed E-state index contributed by atoms with van der Waals surface area (Å²) in [5, 5.41) is 11.5. The number of H-pyrrole nitrogens is 1. The third-order valence-corrected chi connectivity index (χ3v) is 2.21. The number of nitro groups is 1. The summed E-state index contributed by atoms with van der Waals surface area (Å²) < 4.78 is 0. The molecule has 0 atom stereocenters. The first-order chi connectivity index (χ1) is 7.22. The number of nitro benzene ring substituents is 1. The standard InChI is InChI=1S/C10H8N2O3/c13-4-2-7-5-8-1-3-11-10(8)9(6-7)12(14)15/h1,3-6,11H,2H2. The number of carbonyl (C=O) groups excluding carboxylic acids is 1. The highest BCUT2D eigenvalue weighted by atomic mass is 16.6. The Morgan fingerprint density at radius 3 is 2.93 bits per heavy atom. The molecule has 15 heavy (non-hydrogen) atoms. The minimum Gasteiger partial charge on any atom is -0.356 e. The van der Waals surface area contributed by atoms with Gasteiger partial charge in [-0.25, -0.2) is 0 Å². The highest BCUT2D eigenvalue weighted by Crippen LogP contribution is 2.26. The van der Waals surface area contributed by atoms with Crippen molar-refractivity contribution >= 4 is 22.9 Å². The zero-order valence-corrected chi connectivity index (χ0v) is 7.77. The van der Waals surface area contributed by atoms with E-state index in [1.54, 1.807) is 18.3 Å². The van der Waals surface area contributed by atoms with E-state index in [1.807, 2.05) is 0 Å². The second kappa shape index (κ2) is 3.53. The summed E-state index contributed by atoms with van der Waals surface area (Å²) >= 11 is 0. The van der Waals surface area contributed by atoms with Gasteiger partial charge in [0.15, 0.2) is 0 Å². The number of nitrogens with one attached hydrogen (secondary N) is 1. The molecule has 5 nitrogen and oxygen atoms in total. The quantitative estimate of drug-likeness (QED) is 0.470. The number of fused-ring (bicyclic) bond motifs is 1. The van der Waals surface area contributed by atoms with Crippen molar-refractivity contribution in [2.24, 2.45) is 0 Å². The van der Waals surface area contributed by atoms with Gasteiger partial charge in [0.1, 0.15) is 11.8 Å². The molecule has 0 radical (unpaired) electrons. The average Bonchev–Trinajstić information content (AvgIpc) is 2.64. The van der Waals surface area contributed by atoms with Gasteiger partial charge in [0.2, 0.25) is 0 Å². The van der Waals surface area contributed by atoms with Crippen LogP contribution in [0.4, 0.5) is 5.69 Å². The molecule has 1 heterocycles. The molecule has 5 heteroatoms. The van der Waals surface area contributed by atoms with Crippen LogP contribution in [0.15, 0.2) is 24.4 Å². The zero-order chi connectivity index (χ0) is 10.8. The van der Waals surface area contributed by atoms with Gasteiger partial charge in [-0.05, 0) is 17.7 Å². The Morgan fingerprint density at radius 2 is 2.27 bits per heavy atom. The second-order valence-electron chi connectivity index (χ2n) is 3.18. The minimum atomic E-state index is -0.451. The number of benzene rings is 1. The van der Waals surface area contributed by atoms with E-state index >= 15 is 0 Å². The second-order valence-corrected chi connectivity index (χ2v) is 3.18. The molecule has 1 N–H and O–H groups in total. The molecule has 0 saturated heterocycles. The number of non-ortho nitro benzene ring substituents is 1. The molecule has 0 unspecified atom stereocenters. The monoisotopic (exact) mass is 204 g/mol. The fourth-order valence-corrected chi connectivity index (χ4v) is 1.57. The van der Waals surface area contributed by atoms with Gasteiger partial charge in [-0.3, -0.25) is 10.1 Å². The van der Waals surface area contributed by atoms with Crippen LogP contribution in [0.1, 0.15) is 5.56 Å². The van der Waals surface area contributed by atoms with Gasteiger partial charge in [-0.2, -0.15) is 0 Å². The first-order valence-corrected chi connectivity index (χ1v) is 4.40. The lowest BCUT2D eigenvalue weighted by Gasteiger charge is -1.98. The zero-order valence-electron chi connectivity index (χ0n) is 7.77. The Kier molecular flexibility index (Phi) is 2.21. The summed E-state index contributed by atoms with van der Waals surface area (Å²) in [7, 11) is 0. The van der Waals surface area contributed by atoms with Gasteiger partial charge < -0.3 is 9.78 Å². The maximum Gasteiger partial charge on any atom is 0.293 e. The Balaban J connectivity index is 2.68. The minimum absolute atomic E-state index is 0.00866. The number of aromatic nitrogens is 1. The third kappa shape index (κ3) is 1.59. The van der Waals surface area contributed by atoms with Crippen LogP contribution in [0, 0.1) is 10.1 Å². The van der Waals surface area contributed by atoms with Crippen LogP contribution in [0.25, 0.3) is 10.9 Å². The van der Waals surface area contributed by atoms with E-state index in [9.17, 15) is 14.9 Å². The van der Waals surface area contributed by atoms with Gasteiger partial charge in [-0.1, -0.05) is 0 Å². The highest BCUT2D eigenvalue weighted by Gasteiger charge is 2.14. The van der Waals surface area contributed by atoms with Crippen molar-refractivity contribution in [1.29, 1.82) is 0 Å². The Labute approximate surface area is 84.9 Å². The number of aromatic amines is 1. The van der Waals surface area contributed by atoms with Gasteiger partial charge >= 0.3 is 0 Å². The average molecular weight is 204 g/mol. The molecule has 2 aromatic rings. The van der Waals surface area contributed by atoms with Crippen LogP contribution in [0.3, 0.4) is 0 Å². The molecule has 0 saturated carbocycles. The van der Waals surface area contributed by atoms with Crippen LogP contribution >= 0.6 is 0 Å². The predicted octanol–water partition coefficient (Wildman–Crippen LogP) is 1.82. The van der Waals surface area contributed by atoms with Crippen molar-refractivity contribution in [1.82, 2.24) is 4.98 Å². The molecule has 0 aliphatic heterocycles. The predicted molar refractivity (Wildman–Crippen MR) is 54.7 cm³/mol. The Hall–Kier alpha value is -2.17. The number of hydrogen-bond acceptors (Lipinski definition) is 3. The Morgan fingerprint density at radius 1 is 1.47 bits per heavy atom. The topological polar surface area (TPSA) is 76.0 Å². The van der Waals surface area contributed by atoms with Crippen molar-refractivity contribution in [3.63, 3.8) is 0 Å². The fraction of sp³-hybridized carbons (Fsp3) is 0.100. The Bertz CT molecular complexity index is 530. The fourth-order valence-electron chi connectivity index (χ4n) is 1.57. The maximum atomic E-state index is 10.8. The van der Waals surface area contributed by atoms with Gasteiger partial charge in [0.05, 0.1) is 4.92 Å². The van der Waals surface area contributed by atoms with E-state index in [2.05, 4.69) is 4.98 Å². The maximum absolute atomic E-state index is 10.8. The van der Waals surface area contributed by atoms with Crippen molar-refractivity contribution in [2.45, 2.75) is 6.42 Å². The van der Waals surface area contributed by atoms with Crippen molar-refractivity contribution in [3.8, 4) is 0 Å². The molecule has 0 bridgehead atoms. The molecule has 1 aromatic heterocycles. The molecule has 0 aliphatic carbocycles. The summed E-state index contributed by atoms with van der Waals surface area (Å²) in [6, 6.07) is 4.94. The SMILES string of the molecule is O=CCc1cc([N+](=O)[O-])c2[nH]ccc2c1. The van der Waals surface area contributed by atoms with E-state index in [-0.39, 0.29) is 12.1 Å². The van der Waals surface area contributed by atoms with Crippen LogP contribution < -0.4 is 0 Å². The lowest BCUT2D eigenvalue weighted by molar-refractivity contribution is -0.383. The van der Waals surface area contributed by atoms with Gasteiger partial charge in [0, 0.05) is 24.1 Å². The number of rotatable bonds is 3. The third-order valence-electron chi connectivity index (χ3n) is 2.21. The van der Waals surface area contributed by atoms with E-state index in [0.29, 0.717) is 11.1 Å². The van der Waals surface area contributed by atoms with Crippen LogP contribution in [0.5, 0.6) is 0 Å². The molecule has 1 aromatic carbocycles. The van der Waals surface area contributed by atoms with Gasteiger partial charge in [-0.15, -0.1) is 0 Å². The highest BCUT2D eigenvalue weighted by molar-refractivity contribution is 5.89. The smallest absolute Gasteiger partial charge is 0.293 e. The van der Waals surface area contributed by atoms with Crippen LogP contribution in [-0.2, 0) is 11.2 Å². The normalized spacial score (nSPS) is 10.4. The first kappa shape index (κ1) is 9.39. The molecule has 0 amide bonds. The van der Waals surface area contributed by atoms with E-state index in [4.69, 9.17) is 0 Å². The first-order valence-electron chi connectivity index (χ1n) is 4.40. The van der Waals surface area contributed by atoms with Crippen molar-refractivity contribution in [3.05, 3.63) is 40.1 Å². The van der Waals surface area contributed by atoms with Crippen LogP contribution in [0.2, 0.25) is 0 Å². The lowest BCUT2D eigenvalue weighted by Crippen LogP contribution is -1.93. The number of aldehydes is 1. The van der Waals surface area contributed by atoms with E-state index in [1.165, 1.54) is 6.07 Å². The summed E-state index contributed by atoms with van der Waals surface area (Å²) in [4.78, 5) is 23.5. The molecule has 0 spiro atoms. The summed E-state index contributed by atoms with van der Waals surface area (Å²) in [5.74, 6) is 0. The molecule has 0 fully saturated rings. The number of hydrogen-bond donors (Lipinski definition) is 1. The number of nitrogens with zero attached hydrogens (tertiary/aromatic N) is 1. The molecule has 76 valence electrons. The van der Waals surface area contributed by atoms with Crippen LogP contribution in [-0.4, -0.2) is 16.2 Å². The summed E-state index contributed by atoms with van der Waals surface area (Å²) in [6.45, 7) is 0. The van der Waals surface area contributed by atoms with Crippen molar-refractivity contribution in [2.75, 3.05) is 0 Å². The number of carbonyl (C=O) groups is 1. The lowest BCUT2D eigenvalue weighted by atomic mass is 10.1. The van der Waals surface area contributed by atoms with Gasteiger partial charge in [0.25, 0.3) is 5.69 Å². The summed E-state index contributed by atoms with van der Waals surface area (Å²) in [6.07, 6.45) is 2.57.